The van der Waals surface area contributed by atoms with E-state index in [2.05, 4.69) is 11.4 Å². The summed E-state index contributed by atoms with van der Waals surface area (Å²) in [5.41, 5.74) is 1.77. The van der Waals surface area contributed by atoms with Crippen molar-refractivity contribution in [3.05, 3.63) is 47.5 Å². The van der Waals surface area contributed by atoms with Crippen LogP contribution in [0.2, 0.25) is 0 Å². The number of nitriles is 1. The van der Waals surface area contributed by atoms with Crippen molar-refractivity contribution in [2.75, 3.05) is 32.1 Å². The minimum Gasteiger partial charge on any atom is -0.394 e. The zero-order chi connectivity index (χ0) is 18.4. The molecule has 1 atom stereocenters. The minimum atomic E-state index is -1.05. The second-order valence-corrected chi connectivity index (χ2v) is 5.90. The number of rotatable bonds is 6. The van der Waals surface area contributed by atoms with Crippen LogP contribution in [0.15, 0.2) is 42.0 Å². The van der Waals surface area contributed by atoms with Crippen LogP contribution in [0.5, 0.6) is 0 Å². The van der Waals surface area contributed by atoms with Crippen molar-refractivity contribution in [3.63, 3.8) is 0 Å². The Bertz CT molecular complexity index is 837. The van der Waals surface area contributed by atoms with E-state index in [1.165, 1.54) is 6.08 Å². The van der Waals surface area contributed by atoms with E-state index >= 15 is 0 Å². The van der Waals surface area contributed by atoms with E-state index in [1.54, 1.807) is 0 Å². The summed E-state index contributed by atoms with van der Waals surface area (Å²) in [6, 6.07) is 13.6. The van der Waals surface area contributed by atoms with Gasteiger partial charge in [-0.1, -0.05) is 18.2 Å². The van der Waals surface area contributed by atoms with Gasteiger partial charge < -0.3 is 20.4 Å². The molecule has 1 unspecified atom stereocenters. The first-order valence-corrected chi connectivity index (χ1v) is 7.84. The molecule has 0 aliphatic carbocycles. The number of benzene rings is 2. The molecule has 130 valence electrons. The molecular weight excluding hydrogens is 318 g/mol. The van der Waals surface area contributed by atoms with Gasteiger partial charge in [-0.15, -0.1) is 0 Å². The number of carbonyl (C=O) groups excluding carboxylic acids is 1. The fourth-order valence-electron chi connectivity index (χ4n) is 2.31. The van der Waals surface area contributed by atoms with Gasteiger partial charge in [-0.05, 0) is 40.6 Å². The van der Waals surface area contributed by atoms with Gasteiger partial charge in [0.15, 0.2) is 0 Å². The van der Waals surface area contributed by atoms with E-state index in [4.69, 9.17) is 5.11 Å². The van der Waals surface area contributed by atoms with Crippen molar-refractivity contribution >= 4 is 28.4 Å². The molecule has 0 aliphatic rings. The lowest BCUT2D eigenvalue weighted by Crippen LogP contribution is -2.34. The molecule has 2 aromatic carbocycles. The van der Waals surface area contributed by atoms with Crippen molar-refractivity contribution < 1.29 is 15.0 Å². The highest BCUT2D eigenvalue weighted by Gasteiger charge is 2.11. The fraction of sp³-hybridized carbons (Fsp3) is 0.263. The topological polar surface area (TPSA) is 96.6 Å². The van der Waals surface area contributed by atoms with Crippen molar-refractivity contribution in [2.24, 2.45) is 0 Å². The highest BCUT2D eigenvalue weighted by Crippen LogP contribution is 2.23. The molecule has 6 heteroatoms. The maximum Gasteiger partial charge on any atom is 0.262 e. The van der Waals surface area contributed by atoms with E-state index in [0.29, 0.717) is 0 Å². The normalized spacial score (nSPS) is 12.5. The molecule has 2 aromatic rings. The van der Waals surface area contributed by atoms with Gasteiger partial charge in [0.1, 0.15) is 11.6 Å². The number of fused-ring (bicyclic) bond motifs is 1. The van der Waals surface area contributed by atoms with E-state index in [-0.39, 0.29) is 12.1 Å². The molecule has 6 nitrogen and oxygen atoms in total. The van der Waals surface area contributed by atoms with Crippen molar-refractivity contribution in [3.8, 4) is 6.07 Å². The Balaban J connectivity index is 2.24. The summed E-state index contributed by atoms with van der Waals surface area (Å²) in [4.78, 5) is 14.0. The Morgan fingerprint density at radius 3 is 2.60 bits per heavy atom. The number of anilines is 1. The monoisotopic (exact) mass is 339 g/mol. The van der Waals surface area contributed by atoms with Gasteiger partial charge in [-0.2, -0.15) is 5.26 Å². The zero-order valence-corrected chi connectivity index (χ0v) is 14.2. The lowest BCUT2D eigenvalue weighted by Gasteiger charge is -2.13. The van der Waals surface area contributed by atoms with Crippen LogP contribution in [-0.4, -0.2) is 49.5 Å². The summed E-state index contributed by atoms with van der Waals surface area (Å²) in [6.07, 6.45) is 0.454. The third-order valence-corrected chi connectivity index (χ3v) is 3.75. The second kappa shape index (κ2) is 8.29. The molecule has 0 heterocycles. The standard InChI is InChI=1S/C19H21N3O3/c1-22(2)17-6-5-14-7-13(3-4-15(14)9-17)8-16(10-20)19(25)21-11-18(24)12-23/h3-9,18,23-24H,11-12H2,1-2H3,(H,21,25). The second-order valence-electron chi connectivity index (χ2n) is 5.90. The third-order valence-electron chi connectivity index (χ3n) is 3.75. The molecule has 0 bridgehead atoms. The van der Waals surface area contributed by atoms with Gasteiger partial charge >= 0.3 is 0 Å². The summed E-state index contributed by atoms with van der Waals surface area (Å²) >= 11 is 0. The average Bonchev–Trinajstić information content (AvgIpc) is 2.63. The van der Waals surface area contributed by atoms with Crippen LogP contribution in [0.3, 0.4) is 0 Å². The Labute approximate surface area is 146 Å². The Morgan fingerprint density at radius 2 is 1.96 bits per heavy atom. The van der Waals surface area contributed by atoms with Crippen LogP contribution < -0.4 is 10.2 Å². The molecule has 1 amide bonds. The molecule has 0 saturated heterocycles. The molecular formula is C19H21N3O3. The number of nitrogens with one attached hydrogen (secondary N) is 1. The van der Waals surface area contributed by atoms with Crippen molar-refractivity contribution in [2.45, 2.75) is 6.10 Å². The number of hydrogen-bond acceptors (Lipinski definition) is 5. The first-order valence-electron chi connectivity index (χ1n) is 7.84. The SMILES string of the molecule is CN(C)c1ccc2cc(C=C(C#N)C(=O)NCC(O)CO)ccc2c1. The van der Waals surface area contributed by atoms with Gasteiger partial charge in [0.05, 0.1) is 12.7 Å². The lowest BCUT2D eigenvalue weighted by atomic mass is 10.0. The zero-order valence-electron chi connectivity index (χ0n) is 14.2. The Morgan fingerprint density at radius 1 is 1.28 bits per heavy atom. The minimum absolute atomic E-state index is 0.0607. The van der Waals surface area contributed by atoms with Gasteiger partial charge in [-0.25, -0.2) is 0 Å². The summed E-state index contributed by atoms with van der Waals surface area (Å²) in [5, 5.41) is 31.7. The van der Waals surface area contributed by atoms with Gasteiger partial charge in [0, 0.05) is 26.3 Å². The number of aliphatic hydroxyl groups excluding tert-OH is 2. The van der Waals surface area contributed by atoms with E-state index in [1.807, 2.05) is 55.4 Å². The van der Waals surface area contributed by atoms with Gasteiger partial charge in [-0.3, -0.25) is 4.79 Å². The predicted molar refractivity (Wildman–Crippen MR) is 98.0 cm³/mol. The molecule has 0 radical (unpaired) electrons. The number of nitrogens with zero attached hydrogens (tertiary/aromatic N) is 2. The van der Waals surface area contributed by atoms with Crippen LogP contribution in [0.1, 0.15) is 5.56 Å². The molecule has 3 N–H and O–H groups in total. The van der Waals surface area contributed by atoms with Crippen LogP contribution in [0.25, 0.3) is 16.8 Å². The molecule has 0 saturated carbocycles. The van der Waals surface area contributed by atoms with Crippen LogP contribution >= 0.6 is 0 Å². The lowest BCUT2D eigenvalue weighted by molar-refractivity contribution is -0.117. The van der Waals surface area contributed by atoms with E-state index < -0.39 is 18.6 Å². The third kappa shape index (κ3) is 4.80. The maximum absolute atomic E-state index is 12.0. The first kappa shape index (κ1) is 18.5. The summed E-state index contributed by atoms with van der Waals surface area (Å²) in [5.74, 6) is -0.585. The van der Waals surface area contributed by atoms with Gasteiger partial charge in [0.2, 0.25) is 0 Å². The number of aliphatic hydroxyl groups is 2. The largest absolute Gasteiger partial charge is 0.394 e. The molecule has 0 fully saturated rings. The van der Waals surface area contributed by atoms with E-state index in [0.717, 1.165) is 22.0 Å². The molecule has 25 heavy (non-hydrogen) atoms. The average molecular weight is 339 g/mol. The highest BCUT2D eigenvalue weighted by molar-refractivity contribution is 6.02. The number of carbonyl (C=O) groups is 1. The summed E-state index contributed by atoms with van der Waals surface area (Å²) in [7, 11) is 3.95. The quantitative estimate of drug-likeness (QED) is 0.544. The smallest absolute Gasteiger partial charge is 0.262 e. The van der Waals surface area contributed by atoms with Crippen molar-refractivity contribution in [1.29, 1.82) is 5.26 Å². The Kier molecular flexibility index (Phi) is 6.12. The summed E-state index contributed by atoms with van der Waals surface area (Å²) < 4.78 is 0. The first-order chi connectivity index (χ1) is 11.9. The van der Waals surface area contributed by atoms with Crippen LogP contribution in [-0.2, 0) is 4.79 Å². The number of hydrogen-bond donors (Lipinski definition) is 3. The van der Waals surface area contributed by atoms with Gasteiger partial charge in [0.25, 0.3) is 5.91 Å². The molecule has 0 aromatic heterocycles. The van der Waals surface area contributed by atoms with Crippen LogP contribution in [0.4, 0.5) is 5.69 Å². The van der Waals surface area contributed by atoms with Crippen LogP contribution in [0, 0.1) is 11.3 Å². The number of amides is 1. The Hall–Kier alpha value is -2.88. The molecule has 2 rings (SSSR count). The summed E-state index contributed by atoms with van der Waals surface area (Å²) in [6.45, 7) is -0.565. The molecule has 0 aliphatic heterocycles. The molecule has 0 spiro atoms. The van der Waals surface area contributed by atoms with Crippen molar-refractivity contribution in [1.82, 2.24) is 5.32 Å². The maximum atomic E-state index is 12.0. The van der Waals surface area contributed by atoms with E-state index in [9.17, 15) is 15.2 Å². The fourth-order valence-corrected chi connectivity index (χ4v) is 2.31. The highest BCUT2D eigenvalue weighted by atomic mass is 16.3. The predicted octanol–water partition coefficient (Wildman–Crippen LogP) is 1.28.